The van der Waals surface area contributed by atoms with Crippen molar-refractivity contribution in [3.05, 3.63) is 0 Å². The van der Waals surface area contributed by atoms with Crippen molar-refractivity contribution < 1.29 is 14.6 Å². The summed E-state index contributed by atoms with van der Waals surface area (Å²) >= 11 is 0. The lowest BCUT2D eigenvalue weighted by Crippen LogP contribution is -2.47. The van der Waals surface area contributed by atoms with Crippen LogP contribution in [0.3, 0.4) is 0 Å². The van der Waals surface area contributed by atoms with Gasteiger partial charge in [0, 0.05) is 6.04 Å². The molecule has 2 saturated carbocycles. The van der Waals surface area contributed by atoms with Crippen LogP contribution < -0.4 is 0 Å². The maximum atomic E-state index is 12.3. The van der Waals surface area contributed by atoms with E-state index < -0.39 is 5.60 Å². The zero-order chi connectivity index (χ0) is 14.0. The van der Waals surface area contributed by atoms with Crippen LogP contribution in [0.4, 0.5) is 4.79 Å². The standard InChI is InChI=1S/C15H27NO3/c1-15(2,3)19-14(18)16(12-7-8-12)13(10-17)9-11-5-4-6-11/h11-13,17H,4-10H2,1-3H3. The third-order valence-corrected chi connectivity index (χ3v) is 3.98. The van der Waals surface area contributed by atoms with Crippen LogP contribution in [0.15, 0.2) is 0 Å². The number of ether oxygens (including phenoxy) is 1. The van der Waals surface area contributed by atoms with Gasteiger partial charge in [-0.3, -0.25) is 4.90 Å². The first-order chi connectivity index (χ1) is 8.90. The van der Waals surface area contributed by atoms with E-state index in [1.807, 2.05) is 25.7 Å². The van der Waals surface area contributed by atoms with Crippen molar-refractivity contribution in [1.29, 1.82) is 0 Å². The first-order valence-corrected chi connectivity index (χ1v) is 7.53. The van der Waals surface area contributed by atoms with E-state index >= 15 is 0 Å². The van der Waals surface area contributed by atoms with Gasteiger partial charge in [-0.15, -0.1) is 0 Å². The second-order valence-corrected chi connectivity index (χ2v) is 6.99. The highest BCUT2D eigenvalue weighted by molar-refractivity contribution is 5.69. The molecular formula is C15H27NO3. The molecule has 0 heterocycles. The fraction of sp³-hybridized carbons (Fsp3) is 0.933. The molecule has 0 saturated heterocycles. The summed E-state index contributed by atoms with van der Waals surface area (Å²) in [6.45, 7) is 5.70. The zero-order valence-electron chi connectivity index (χ0n) is 12.4. The Labute approximate surface area is 116 Å². The predicted molar refractivity (Wildman–Crippen MR) is 73.9 cm³/mol. The van der Waals surface area contributed by atoms with Crippen molar-refractivity contribution in [1.82, 2.24) is 4.90 Å². The van der Waals surface area contributed by atoms with Gasteiger partial charge in [0.05, 0.1) is 12.6 Å². The lowest BCUT2D eigenvalue weighted by molar-refractivity contribution is 0.00144. The Hall–Kier alpha value is -0.770. The van der Waals surface area contributed by atoms with Gasteiger partial charge in [-0.2, -0.15) is 0 Å². The van der Waals surface area contributed by atoms with E-state index in [1.165, 1.54) is 19.3 Å². The van der Waals surface area contributed by atoms with Crippen LogP contribution in [0.5, 0.6) is 0 Å². The fourth-order valence-corrected chi connectivity index (χ4v) is 2.65. The van der Waals surface area contributed by atoms with Gasteiger partial charge >= 0.3 is 6.09 Å². The van der Waals surface area contributed by atoms with Gasteiger partial charge in [0.25, 0.3) is 0 Å². The van der Waals surface area contributed by atoms with E-state index in [2.05, 4.69) is 0 Å². The topological polar surface area (TPSA) is 49.8 Å². The lowest BCUT2D eigenvalue weighted by atomic mass is 9.80. The van der Waals surface area contributed by atoms with Gasteiger partial charge in [0.1, 0.15) is 5.60 Å². The maximum Gasteiger partial charge on any atom is 0.410 e. The van der Waals surface area contributed by atoms with Gasteiger partial charge in [-0.25, -0.2) is 4.79 Å². The maximum absolute atomic E-state index is 12.3. The second kappa shape index (κ2) is 5.70. The summed E-state index contributed by atoms with van der Waals surface area (Å²) in [5.74, 6) is 0.681. The summed E-state index contributed by atoms with van der Waals surface area (Å²) < 4.78 is 5.49. The lowest BCUT2D eigenvalue weighted by Gasteiger charge is -2.36. The molecule has 0 aliphatic heterocycles. The first-order valence-electron chi connectivity index (χ1n) is 7.53. The van der Waals surface area contributed by atoms with Crippen molar-refractivity contribution in [3.63, 3.8) is 0 Å². The highest BCUT2D eigenvalue weighted by Gasteiger charge is 2.40. The predicted octanol–water partition coefficient (Wildman–Crippen LogP) is 2.94. The van der Waals surface area contributed by atoms with Gasteiger partial charge in [0.15, 0.2) is 0 Å². The number of hydrogen-bond acceptors (Lipinski definition) is 3. The molecule has 0 bridgehead atoms. The average molecular weight is 269 g/mol. The Kier molecular flexibility index (Phi) is 4.39. The number of aliphatic hydroxyl groups excluding tert-OH is 1. The summed E-state index contributed by atoms with van der Waals surface area (Å²) in [6, 6.07) is 0.222. The first kappa shape index (κ1) is 14.6. The van der Waals surface area contributed by atoms with Crippen LogP contribution in [0.25, 0.3) is 0 Å². The highest BCUT2D eigenvalue weighted by atomic mass is 16.6. The SMILES string of the molecule is CC(C)(C)OC(=O)N(C1CC1)C(CO)CC1CCC1. The molecule has 4 heteroatoms. The van der Waals surface area contributed by atoms with Gasteiger partial charge < -0.3 is 9.84 Å². The monoisotopic (exact) mass is 269 g/mol. The van der Waals surface area contributed by atoms with Gasteiger partial charge in [0.2, 0.25) is 0 Å². The van der Waals surface area contributed by atoms with Crippen LogP contribution >= 0.6 is 0 Å². The Morgan fingerprint density at radius 3 is 2.32 bits per heavy atom. The molecule has 110 valence electrons. The van der Waals surface area contributed by atoms with Crippen LogP contribution in [-0.2, 0) is 4.74 Å². The summed E-state index contributed by atoms with van der Waals surface area (Å²) in [5.41, 5.74) is -0.472. The van der Waals surface area contributed by atoms with Crippen LogP contribution in [0.2, 0.25) is 0 Å². The number of rotatable bonds is 5. The quantitative estimate of drug-likeness (QED) is 0.835. The van der Waals surface area contributed by atoms with Gasteiger partial charge in [-0.1, -0.05) is 19.3 Å². The number of carbonyl (C=O) groups excluding carboxylic acids is 1. The number of carbonyl (C=O) groups is 1. The number of nitrogens with zero attached hydrogens (tertiary/aromatic N) is 1. The van der Waals surface area contributed by atoms with E-state index in [4.69, 9.17) is 4.74 Å². The average Bonchev–Trinajstić information content (AvgIpc) is 3.02. The molecule has 0 aromatic heterocycles. The van der Waals surface area contributed by atoms with Gasteiger partial charge in [-0.05, 0) is 46.0 Å². The van der Waals surface area contributed by atoms with Crippen molar-refractivity contribution in [2.24, 2.45) is 5.92 Å². The highest BCUT2D eigenvalue weighted by Crippen LogP contribution is 2.36. The molecule has 1 unspecified atom stereocenters. The molecule has 0 radical (unpaired) electrons. The molecule has 2 rings (SSSR count). The molecular weight excluding hydrogens is 242 g/mol. The van der Waals surface area contributed by atoms with E-state index in [9.17, 15) is 9.90 Å². The van der Waals surface area contributed by atoms with Crippen molar-refractivity contribution >= 4 is 6.09 Å². The molecule has 1 N–H and O–H groups in total. The minimum Gasteiger partial charge on any atom is -0.444 e. The van der Waals surface area contributed by atoms with E-state index in [0.29, 0.717) is 5.92 Å². The third kappa shape index (κ3) is 4.10. The molecule has 2 aliphatic carbocycles. The molecule has 4 nitrogen and oxygen atoms in total. The Balaban J connectivity index is 1.98. The second-order valence-electron chi connectivity index (χ2n) is 6.99. The van der Waals surface area contributed by atoms with Crippen molar-refractivity contribution in [2.75, 3.05) is 6.61 Å². The number of aliphatic hydroxyl groups is 1. The number of hydrogen-bond donors (Lipinski definition) is 1. The van der Waals surface area contributed by atoms with Crippen molar-refractivity contribution in [3.8, 4) is 0 Å². The number of amides is 1. The molecule has 1 atom stereocenters. The normalized spacial score (nSPS) is 21.7. The Morgan fingerprint density at radius 2 is 1.95 bits per heavy atom. The van der Waals surface area contributed by atoms with Crippen LogP contribution in [0, 0.1) is 5.92 Å². The molecule has 1 amide bonds. The van der Waals surface area contributed by atoms with Crippen LogP contribution in [-0.4, -0.2) is 40.4 Å². The summed E-state index contributed by atoms with van der Waals surface area (Å²) in [4.78, 5) is 14.1. The summed E-state index contributed by atoms with van der Waals surface area (Å²) in [7, 11) is 0. The molecule has 19 heavy (non-hydrogen) atoms. The Bertz CT molecular complexity index is 316. The van der Waals surface area contributed by atoms with E-state index in [1.54, 1.807) is 0 Å². The third-order valence-electron chi connectivity index (χ3n) is 3.98. The smallest absolute Gasteiger partial charge is 0.410 e. The van der Waals surface area contributed by atoms with E-state index in [0.717, 1.165) is 19.3 Å². The Morgan fingerprint density at radius 1 is 1.32 bits per heavy atom. The molecule has 0 aromatic rings. The van der Waals surface area contributed by atoms with E-state index in [-0.39, 0.29) is 24.8 Å². The summed E-state index contributed by atoms with van der Waals surface area (Å²) in [6.07, 6.45) is 6.52. The molecule has 0 aromatic carbocycles. The molecule has 2 aliphatic rings. The minimum absolute atomic E-state index is 0.0479. The van der Waals surface area contributed by atoms with Crippen LogP contribution in [0.1, 0.15) is 59.3 Å². The molecule has 0 spiro atoms. The largest absolute Gasteiger partial charge is 0.444 e. The summed E-state index contributed by atoms with van der Waals surface area (Å²) in [5, 5.41) is 9.64. The van der Waals surface area contributed by atoms with Crippen molar-refractivity contribution in [2.45, 2.75) is 77.0 Å². The molecule has 2 fully saturated rings. The zero-order valence-corrected chi connectivity index (χ0v) is 12.4. The fourth-order valence-electron chi connectivity index (χ4n) is 2.65. The minimum atomic E-state index is -0.472.